The summed E-state index contributed by atoms with van der Waals surface area (Å²) >= 11 is 1.32. The monoisotopic (exact) mass is 344 g/mol. The minimum atomic E-state index is -0.339. The van der Waals surface area contributed by atoms with Crippen LogP contribution in [0, 0.1) is 0 Å². The van der Waals surface area contributed by atoms with Gasteiger partial charge in [0.2, 0.25) is 11.1 Å². The molecule has 1 saturated carbocycles. The molecule has 0 radical (unpaired) electrons. The zero-order valence-corrected chi connectivity index (χ0v) is 13.7. The average molecular weight is 344 g/mol. The molecule has 1 atom stereocenters. The van der Waals surface area contributed by atoms with Gasteiger partial charge in [-0.25, -0.2) is 9.78 Å². The largest absolute Gasteiger partial charge is 0.325 e. The molecule has 0 spiro atoms. The van der Waals surface area contributed by atoms with Crippen LogP contribution < -0.4 is 11.0 Å². The molecule has 0 aliphatic heterocycles. The number of amides is 1. The van der Waals surface area contributed by atoms with Crippen LogP contribution in [0.1, 0.15) is 31.5 Å². The van der Waals surface area contributed by atoms with Crippen molar-refractivity contribution in [1.29, 1.82) is 0 Å². The van der Waals surface area contributed by atoms with Gasteiger partial charge in [-0.05, 0) is 38.0 Å². The first-order valence-electron chi connectivity index (χ1n) is 7.70. The maximum absolute atomic E-state index is 12.3. The Morgan fingerprint density at radius 3 is 2.92 bits per heavy atom. The first-order chi connectivity index (χ1) is 11.6. The molecule has 9 heteroatoms. The lowest BCUT2D eigenvalue weighted by Gasteiger charge is -2.10. The molecule has 0 saturated heterocycles. The first kappa shape index (κ1) is 15.0. The molecule has 124 valence electrons. The highest BCUT2D eigenvalue weighted by Gasteiger charge is 2.27. The number of fused-ring (bicyclic) bond motifs is 1. The number of nitrogens with zero attached hydrogens (tertiary/aromatic N) is 2. The number of nitrogens with one attached hydrogen (secondary N) is 4. The maximum atomic E-state index is 12.3. The molecule has 1 aliphatic carbocycles. The van der Waals surface area contributed by atoms with Crippen LogP contribution in [0.25, 0.3) is 11.0 Å². The second-order valence-electron chi connectivity index (χ2n) is 5.87. The number of hydrogen-bond donors (Lipinski definition) is 4. The Kier molecular flexibility index (Phi) is 3.64. The van der Waals surface area contributed by atoms with E-state index in [1.807, 2.05) is 6.92 Å². The van der Waals surface area contributed by atoms with E-state index in [1.165, 1.54) is 11.8 Å². The van der Waals surface area contributed by atoms with Crippen molar-refractivity contribution in [2.75, 3.05) is 5.32 Å². The van der Waals surface area contributed by atoms with Gasteiger partial charge in [-0.1, -0.05) is 11.8 Å². The zero-order valence-electron chi connectivity index (χ0n) is 12.9. The summed E-state index contributed by atoms with van der Waals surface area (Å²) < 4.78 is 0. The predicted octanol–water partition coefficient (Wildman–Crippen LogP) is 1.97. The van der Waals surface area contributed by atoms with Gasteiger partial charge in [-0.15, -0.1) is 5.10 Å². The van der Waals surface area contributed by atoms with Gasteiger partial charge in [0.05, 0.1) is 16.3 Å². The quantitative estimate of drug-likeness (QED) is 0.528. The van der Waals surface area contributed by atoms with E-state index in [-0.39, 0.29) is 16.8 Å². The highest BCUT2D eigenvalue weighted by atomic mass is 32.2. The second-order valence-corrected chi connectivity index (χ2v) is 7.17. The lowest BCUT2D eigenvalue weighted by Crippen LogP contribution is -2.22. The third-order valence-corrected chi connectivity index (χ3v) is 4.84. The van der Waals surface area contributed by atoms with E-state index in [4.69, 9.17) is 0 Å². The molecule has 4 N–H and O–H groups in total. The number of carbonyl (C=O) groups excluding carboxylic acids is 1. The predicted molar refractivity (Wildman–Crippen MR) is 91.2 cm³/mol. The van der Waals surface area contributed by atoms with Gasteiger partial charge in [0.25, 0.3) is 0 Å². The SMILES string of the molecule is CC(Sc1n[nH]c(C2CC2)n1)C(=O)Nc1ccc2[nH]c(=O)[nH]c2c1. The fraction of sp³-hybridized carbons (Fsp3) is 0.333. The third kappa shape index (κ3) is 3.07. The van der Waals surface area contributed by atoms with E-state index < -0.39 is 0 Å². The molecule has 0 bridgehead atoms. The van der Waals surface area contributed by atoms with Crippen molar-refractivity contribution in [2.45, 2.75) is 36.1 Å². The molecule has 3 aromatic rings. The molecule has 1 aromatic carbocycles. The molecular weight excluding hydrogens is 328 g/mol. The van der Waals surface area contributed by atoms with E-state index in [0.29, 0.717) is 27.8 Å². The number of anilines is 1. The Morgan fingerprint density at radius 2 is 2.12 bits per heavy atom. The van der Waals surface area contributed by atoms with Gasteiger partial charge in [0.1, 0.15) is 5.82 Å². The standard InChI is InChI=1S/C15H16N6O2S/c1-7(24-15-19-12(20-21-15)8-2-3-8)13(22)16-9-4-5-10-11(6-9)18-14(23)17-10/h4-8H,2-3H2,1H3,(H,16,22)(H2,17,18,23)(H,19,20,21). The summed E-state index contributed by atoms with van der Waals surface area (Å²) in [4.78, 5) is 33.4. The molecular formula is C15H16N6O2S. The van der Waals surface area contributed by atoms with Gasteiger partial charge in [0.15, 0.2) is 0 Å². The Balaban J connectivity index is 1.42. The van der Waals surface area contributed by atoms with Crippen LogP contribution >= 0.6 is 11.8 Å². The van der Waals surface area contributed by atoms with E-state index in [2.05, 4.69) is 30.5 Å². The molecule has 8 nitrogen and oxygen atoms in total. The van der Waals surface area contributed by atoms with Gasteiger partial charge in [0, 0.05) is 11.6 Å². The van der Waals surface area contributed by atoms with Crippen molar-refractivity contribution in [1.82, 2.24) is 25.1 Å². The van der Waals surface area contributed by atoms with Crippen LogP contribution in [-0.4, -0.2) is 36.3 Å². The highest BCUT2D eigenvalue weighted by Crippen LogP contribution is 2.38. The van der Waals surface area contributed by atoms with Crippen molar-refractivity contribution in [3.8, 4) is 0 Å². The maximum Gasteiger partial charge on any atom is 0.323 e. The molecule has 2 aromatic heterocycles. The summed E-state index contributed by atoms with van der Waals surface area (Å²) in [5.74, 6) is 1.27. The molecule has 2 heterocycles. The second kappa shape index (κ2) is 5.82. The van der Waals surface area contributed by atoms with Gasteiger partial charge in [-0.3, -0.25) is 9.89 Å². The molecule has 1 fully saturated rings. The number of aromatic amines is 3. The fourth-order valence-electron chi connectivity index (χ4n) is 2.42. The van der Waals surface area contributed by atoms with Crippen molar-refractivity contribution >= 4 is 34.4 Å². The molecule has 1 amide bonds. The van der Waals surface area contributed by atoms with Crippen LogP contribution in [0.15, 0.2) is 28.2 Å². The van der Waals surface area contributed by atoms with Crippen LogP contribution in [0.2, 0.25) is 0 Å². The number of H-pyrrole nitrogens is 3. The summed E-state index contributed by atoms with van der Waals surface area (Å²) in [6.07, 6.45) is 2.30. The Bertz CT molecular complexity index is 954. The molecule has 24 heavy (non-hydrogen) atoms. The van der Waals surface area contributed by atoms with Crippen LogP contribution in [0.3, 0.4) is 0 Å². The highest BCUT2D eigenvalue weighted by molar-refractivity contribution is 8.00. The van der Waals surface area contributed by atoms with Gasteiger partial charge < -0.3 is 15.3 Å². The number of imidazole rings is 1. The number of rotatable bonds is 5. The normalized spacial score (nSPS) is 15.5. The number of aromatic nitrogens is 5. The first-order valence-corrected chi connectivity index (χ1v) is 8.58. The van der Waals surface area contributed by atoms with E-state index >= 15 is 0 Å². The van der Waals surface area contributed by atoms with Gasteiger partial charge >= 0.3 is 5.69 Å². The van der Waals surface area contributed by atoms with E-state index in [1.54, 1.807) is 18.2 Å². The number of carbonyl (C=O) groups is 1. The molecule has 1 aliphatic rings. The van der Waals surface area contributed by atoms with Crippen LogP contribution in [0.4, 0.5) is 5.69 Å². The minimum Gasteiger partial charge on any atom is -0.325 e. The van der Waals surface area contributed by atoms with Gasteiger partial charge in [-0.2, -0.15) is 0 Å². The lowest BCUT2D eigenvalue weighted by molar-refractivity contribution is -0.115. The summed E-state index contributed by atoms with van der Waals surface area (Å²) in [6.45, 7) is 1.81. The third-order valence-electron chi connectivity index (χ3n) is 3.88. The van der Waals surface area contributed by atoms with Crippen LogP contribution in [0.5, 0.6) is 0 Å². The zero-order chi connectivity index (χ0) is 16.7. The minimum absolute atomic E-state index is 0.144. The number of benzene rings is 1. The van der Waals surface area contributed by atoms with Crippen molar-refractivity contribution in [2.24, 2.45) is 0 Å². The summed E-state index contributed by atoms with van der Waals surface area (Å²) in [5.41, 5.74) is 1.72. The number of hydrogen-bond acceptors (Lipinski definition) is 5. The Labute approximate surface area is 140 Å². The smallest absolute Gasteiger partial charge is 0.323 e. The summed E-state index contributed by atoms with van der Waals surface area (Å²) in [6, 6.07) is 5.22. The molecule has 4 rings (SSSR count). The fourth-order valence-corrected chi connectivity index (χ4v) is 3.15. The van der Waals surface area contributed by atoms with Crippen molar-refractivity contribution in [3.63, 3.8) is 0 Å². The summed E-state index contributed by atoms with van der Waals surface area (Å²) in [7, 11) is 0. The van der Waals surface area contributed by atoms with E-state index in [9.17, 15) is 9.59 Å². The number of thioether (sulfide) groups is 1. The van der Waals surface area contributed by atoms with Crippen LogP contribution in [-0.2, 0) is 4.79 Å². The average Bonchev–Trinajstić information content (AvgIpc) is 3.18. The lowest BCUT2D eigenvalue weighted by atomic mass is 10.2. The van der Waals surface area contributed by atoms with Crippen molar-refractivity contribution < 1.29 is 4.79 Å². The van der Waals surface area contributed by atoms with Crippen molar-refractivity contribution in [3.05, 3.63) is 34.5 Å². The Hall–Kier alpha value is -2.55. The van der Waals surface area contributed by atoms with E-state index in [0.717, 1.165) is 18.7 Å². The Morgan fingerprint density at radius 1 is 1.33 bits per heavy atom. The topological polar surface area (TPSA) is 119 Å². The summed E-state index contributed by atoms with van der Waals surface area (Å²) in [5, 5.41) is 10.2. The molecule has 1 unspecified atom stereocenters.